The summed E-state index contributed by atoms with van der Waals surface area (Å²) in [5, 5.41) is 0.742. The number of hydrogen-bond acceptors (Lipinski definition) is 3. The second-order valence-corrected chi connectivity index (χ2v) is 13.2. The maximum Gasteiger partial charge on any atom is 0.233 e. The van der Waals surface area contributed by atoms with Gasteiger partial charge < -0.3 is 4.52 Å². The van der Waals surface area contributed by atoms with Crippen LogP contribution in [0.1, 0.15) is 45.6 Å². The van der Waals surface area contributed by atoms with Crippen LogP contribution in [0.2, 0.25) is 0 Å². The van der Waals surface area contributed by atoms with Gasteiger partial charge in [-0.15, -0.1) is 0 Å². The molecule has 0 aromatic heterocycles. The molecule has 1 aliphatic rings. The highest BCUT2D eigenvalue weighted by Crippen LogP contribution is 2.51. The van der Waals surface area contributed by atoms with E-state index in [0.717, 1.165) is 28.6 Å². The second kappa shape index (κ2) is 10.4. The Hall–Kier alpha value is -1.22. The van der Waals surface area contributed by atoms with Gasteiger partial charge in [-0.1, -0.05) is 63.1 Å². The van der Waals surface area contributed by atoms with E-state index >= 15 is 0 Å². The third-order valence-corrected chi connectivity index (χ3v) is 10.5. The Labute approximate surface area is 184 Å². The molecular weight excluding hydrogens is 411 g/mol. The van der Waals surface area contributed by atoms with E-state index in [1.807, 2.05) is 61.5 Å². The fraction of sp³-hybridized carbons (Fsp3) is 0.520. The maximum atomic E-state index is 14.2. The molecule has 2 aromatic rings. The largest absolute Gasteiger partial charge is 0.322 e. The highest BCUT2D eigenvalue weighted by atomic mass is 32.2. The molecular formula is C25H35O3PS. The van der Waals surface area contributed by atoms with Crippen molar-refractivity contribution in [2.75, 3.05) is 11.9 Å². The first-order chi connectivity index (χ1) is 14.3. The third-order valence-electron chi connectivity index (χ3n) is 6.27. The van der Waals surface area contributed by atoms with E-state index in [4.69, 9.17) is 4.52 Å². The summed E-state index contributed by atoms with van der Waals surface area (Å²) >= 11 is 0. The molecule has 1 aliphatic carbocycles. The molecule has 0 heterocycles. The number of rotatable bonds is 8. The topological polar surface area (TPSA) is 43.4 Å². The number of benzene rings is 2. The van der Waals surface area contributed by atoms with Gasteiger partial charge in [0.25, 0.3) is 0 Å². The van der Waals surface area contributed by atoms with E-state index in [-0.39, 0.29) is 6.10 Å². The predicted octanol–water partition coefficient (Wildman–Crippen LogP) is 6.18. The summed E-state index contributed by atoms with van der Waals surface area (Å²) in [6.07, 6.45) is 3.56. The first kappa shape index (κ1) is 23.4. The van der Waals surface area contributed by atoms with Crippen LogP contribution in [0.3, 0.4) is 0 Å². The molecule has 30 heavy (non-hydrogen) atoms. The molecule has 5 heteroatoms. The van der Waals surface area contributed by atoms with Crippen molar-refractivity contribution in [3.8, 4) is 0 Å². The van der Waals surface area contributed by atoms with Crippen LogP contribution in [-0.2, 0) is 19.9 Å². The molecule has 164 valence electrons. The Morgan fingerprint density at radius 3 is 2.37 bits per heavy atom. The summed E-state index contributed by atoms with van der Waals surface area (Å²) in [5.41, 5.74) is 1.14. The van der Waals surface area contributed by atoms with Gasteiger partial charge in [0.15, 0.2) is 0 Å². The lowest BCUT2D eigenvalue weighted by molar-refractivity contribution is 0.0500. The molecule has 3 nitrogen and oxygen atoms in total. The molecule has 1 saturated carbocycles. The normalized spacial score (nSPS) is 25.0. The van der Waals surface area contributed by atoms with E-state index in [9.17, 15) is 8.77 Å². The second-order valence-electron chi connectivity index (χ2n) is 9.07. The lowest BCUT2D eigenvalue weighted by Gasteiger charge is -2.39. The molecule has 3 rings (SSSR count). The van der Waals surface area contributed by atoms with Crippen molar-refractivity contribution >= 4 is 23.5 Å². The van der Waals surface area contributed by atoms with Gasteiger partial charge in [-0.25, -0.2) is 0 Å². The summed E-state index contributed by atoms with van der Waals surface area (Å²) in [6.45, 7) is 8.74. The van der Waals surface area contributed by atoms with E-state index in [2.05, 4.69) is 20.8 Å². The van der Waals surface area contributed by atoms with E-state index in [1.54, 1.807) is 0 Å². The Morgan fingerprint density at radius 2 is 1.73 bits per heavy atom. The average molecular weight is 447 g/mol. The molecule has 5 atom stereocenters. The van der Waals surface area contributed by atoms with Gasteiger partial charge in [-0.2, -0.15) is 0 Å². The highest BCUT2D eigenvalue weighted by Gasteiger charge is 2.37. The number of aryl methyl sites for hydroxylation is 1. The van der Waals surface area contributed by atoms with Crippen LogP contribution >= 0.6 is 7.37 Å². The predicted molar refractivity (Wildman–Crippen MR) is 127 cm³/mol. The zero-order valence-electron chi connectivity index (χ0n) is 18.6. The molecule has 2 aromatic carbocycles. The van der Waals surface area contributed by atoms with Crippen molar-refractivity contribution in [1.82, 2.24) is 0 Å². The average Bonchev–Trinajstić information content (AvgIpc) is 2.73. The van der Waals surface area contributed by atoms with Gasteiger partial charge in [-0.05, 0) is 61.8 Å². The monoisotopic (exact) mass is 446 g/mol. The smallest absolute Gasteiger partial charge is 0.233 e. The first-order valence-corrected chi connectivity index (χ1v) is 14.2. The summed E-state index contributed by atoms with van der Waals surface area (Å²) in [7, 11) is -4.32. The van der Waals surface area contributed by atoms with Gasteiger partial charge in [0, 0.05) is 22.1 Å². The van der Waals surface area contributed by atoms with Gasteiger partial charge >= 0.3 is 0 Å². The Bertz CT molecular complexity index is 879. The Balaban J connectivity index is 1.81. The third kappa shape index (κ3) is 5.93. The van der Waals surface area contributed by atoms with Gasteiger partial charge in [-0.3, -0.25) is 8.77 Å². The molecule has 0 aliphatic heterocycles. The minimum atomic E-state index is -3.12. The van der Waals surface area contributed by atoms with E-state index in [0.29, 0.717) is 29.7 Å². The Morgan fingerprint density at radius 1 is 1.07 bits per heavy atom. The lowest BCUT2D eigenvalue weighted by Crippen LogP contribution is -2.35. The quantitative estimate of drug-likeness (QED) is 0.455. The molecule has 0 unspecified atom stereocenters. The zero-order chi connectivity index (χ0) is 21.7. The van der Waals surface area contributed by atoms with Crippen LogP contribution in [0.4, 0.5) is 0 Å². The van der Waals surface area contributed by atoms with Crippen molar-refractivity contribution in [3.05, 3.63) is 60.2 Å². The summed E-state index contributed by atoms with van der Waals surface area (Å²) in [5.74, 6) is 1.83. The summed E-state index contributed by atoms with van der Waals surface area (Å²) in [4.78, 5) is 0.784. The Kier molecular flexibility index (Phi) is 8.12. The van der Waals surface area contributed by atoms with Crippen LogP contribution < -0.4 is 5.30 Å². The maximum absolute atomic E-state index is 14.2. The van der Waals surface area contributed by atoms with Crippen LogP contribution in [0.5, 0.6) is 0 Å². The minimum Gasteiger partial charge on any atom is -0.322 e. The van der Waals surface area contributed by atoms with Crippen molar-refractivity contribution in [1.29, 1.82) is 0 Å². The van der Waals surface area contributed by atoms with Gasteiger partial charge in [0.2, 0.25) is 7.37 Å². The zero-order valence-corrected chi connectivity index (χ0v) is 20.3. The summed E-state index contributed by atoms with van der Waals surface area (Å²) < 4.78 is 33.6. The fourth-order valence-electron chi connectivity index (χ4n) is 4.36. The standard InChI is InChI=1S/C25H35O3PS/c1-19(2)24-15-12-21(4)18-25(24)28-29(26,22-8-6-5-7-9-22)16-17-30(27)23-13-10-20(3)11-14-23/h5-11,13-14,19,21,24-25H,12,15-18H2,1-4H3/t21-,24+,25-,29-,30-/m1/s1. The summed E-state index contributed by atoms with van der Waals surface area (Å²) in [6, 6.07) is 17.3. The molecule has 0 amide bonds. The van der Waals surface area contributed by atoms with Crippen molar-refractivity contribution in [2.24, 2.45) is 17.8 Å². The molecule has 0 spiro atoms. The fourth-order valence-corrected chi connectivity index (χ4v) is 8.45. The minimum absolute atomic E-state index is 0.00685. The van der Waals surface area contributed by atoms with Gasteiger partial charge in [0.1, 0.15) is 0 Å². The molecule has 1 fully saturated rings. The van der Waals surface area contributed by atoms with E-state index < -0.39 is 18.2 Å². The van der Waals surface area contributed by atoms with E-state index in [1.165, 1.54) is 6.42 Å². The highest BCUT2D eigenvalue weighted by molar-refractivity contribution is 7.85. The first-order valence-electron chi connectivity index (χ1n) is 11.1. The molecule has 0 radical (unpaired) electrons. The molecule has 0 N–H and O–H groups in total. The van der Waals surface area contributed by atoms with Crippen molar-refractivity contribution in [2.45, 2.75) is 58.0 Å². The van der Waals surface area contributed by atoms with Crippen LogP contribution in [0.15, 0.2) is 59.5 Å². The van der Waals surface area contributed by atoms with Crippen molar-refractivity contribution in [3.63, 3.8) is 0 Å². The molecule has 0 bridgehead atoms. The lowest BCUT2D eigenvalue weighted by atomic mass is 9.75. The van der Waals surface area contributed by atoms with Crippen LogP contribution in [0.25, 0.3) is 0 Å². The van der Waals surface area contributed by atoms with Crippen LogP contribution in [0, 0.1) is 24.7 Å². The SMILES string of the molecule is Cc1ccc([S@](=O)CC[P@@](=O)(O[C@@H]2C[C@H](C)CC[C@H]2C(C)C)c2ccccc2)cc1. The molecule has 0 saturated heterocycles. The van der Waals surface area contributed by atoms with Gasteiger partial charge in [0.05, 0.1) is 16.9 Å². The van der Waals surface area contributed by atoms with Crippen molar-refractivity contribution < 1.29 is 13.3 Å². The van der Waals surface area contributed by atoms with Crippen LogP contribution in [-0.4, -0.2) is 22.2 Å². The number of hydrogen-bond donors (Lipinski definition) is 0.